The fraction of sp³-hybridized carbons (Fsp3) is 0.750. The van der Waals surface area contributed by atoms with Gasteiger partial charge in [0.2, 0.25) is 0 Å². The number of nitrogens with zero attached hydrogens (tertiary/aromatic N) is 3. The predicted molar refractivity (Wildman–Crippen MR) is 72.5 cm³/mol. The molecule has 0 radical (unpaired) electrons. The highest BCUT2D eigenvalue weighted by atomic mass is 32.2. The van der Waals surface area contributed by atoms with E-state index in [1.165, 1.54) is 0 Å². The van der Waals surface area contributed by atoms with Crippen LogP contribution in [-0.4, -0.2) is 58.9 Å². The summed E-state index contributed by atoms with van der Waals surface area (Å²) in [5.41, 5.74) is 0.916. The van der Waals surface area contributed by atoms with Crippen molar-refractivity contribution >= 4 is 9.84 Å². The van der Waals surface area contributed by atoms with Crippen LogP contribution in [-0.2, 0) is 22.9 Å². The van der Waals surface area contributed by atoms with Gasteiger partial charge >= 0.3 is 0 Å². The second kappa shape index (κ2) is 6.02. The molecule has 0 bridgehead atoms. The summed E-state index contributed by atoms with van der Waals surface area (Å²) in [6.07, 6.45) is 2.56. The van der Waals surface area contributed by atoms with Gasteiger partial charge in [-0.3, -0.25) is 9.58 Å². The van der Waals surface area contributed by atoms with E-state index in [1.54, 1.807) is 0 Å². The van der Waals surface area contributed by atoms with Crippen LogP contribution in [0.5, 0.6) is 0 Å². The maximum Gasteiger partial charge on any atom is 0.151 e. The molecule has 0 spiro atoms. The molecule has 1 aromatic heterocycles. The summed E-state index contributed by atoms with van der Waals surface area (Å²) in [6, 6.07) is 1.95. The van der Waals surface area contributed by atoms with Gasteiger partial charge < -0.3 is 5.11 Å². The fourth-order valence-electron chi connectivity index (χ4n) is 2.45. The molecule has 0 saturated carbocycles. The van der Waals surface area contributed by atoms with Gasteiger partial charge in [0.15, 0.2) is 9.84 Å². The van der Waals surface area contributed by atoms with E-state index in [-0.39, 0.29) is 24.2 Å². The van der Waals surface area contributed by atoms with E-state index in [1.807, 2.05) is 28.8 Å². The van der Waals surface area contributed by atoms with Crippen LogP contribution < -0.4 is 0 Å². The molecule has 108 valence electrons. The SMILES string of the molecule is CCn1ccc(CN(CCO)C2CCS(=O)(=O)C2)n1. The number of rotatable bonds is 6. The van der Waals surface area contributed by atoms with E-state index in [0.717, 1.165) is 12.2 Å². The molecule has 1 atom stereocenters. The minimum Gasteiger partial charge on any atom is -0.395 e. The lowest BCUT2D eigenvalue weighted by Crippen LogP contribution is -2.37. The molecule has 1 fully saturated rings. The van der Waals surface area contributed by atoms with Gasteiger partial charge in [-0.1, -0.05) is 0 Å². The first-order chi connectivity index (χ1) is 9.04. The smallest absolute Gasteiger partial charge is 0.151 e. The Bertz CT molecular complexity index is 512. The minimum atomic E-state index is -2.90. The first-order valence-electron chi connectivity index (χ1n) is 6.61. The molecule has 7 heteroatoms. The maximum atomic E-state index is 11.5. The summed E-state index contributed by atoms with van der Waals surface area (Å²) in [6.45, 7) is 3.95. The highest BCUT2D eigenvalue weighted by Crippen LogP contribution is 2.19. The molecule has 0 aliphatic carbocycles. The van der Waals surface area contributed by atoms with Crippen LogP contribution in [0.3, 0.4) is 0 Å². The minimum absolute atomic E-state index is 0.00364. The van der Waals surface area contributed by atoms with Crippen molar-refractivity contribution in [2.24, 2.45) is 0 Å². The number of sulfone groups is 1. The lowest BCUT2D eigenvalue weighted by Gasteiger charge is -2.26. The molecule has 6 nitrogen and oxygen atoms in total. The number of aromatic nitrogens is 2. The number of aliphatic hydroxyl groups excluding tert-OH is 1. The molecular weight excluding hydrogens is 266 g/mol. The van der Waals surface area contributed by atoms with Crippen molar-refractivity contribution in [1.29, 1.82) is 0 Å². The van der Waals surface area contributed by atoms with Crippen LogP contribution in [0.25, 0.3) is 0 Å². The normalized spacial score (nSPS) is 22.2. The monoisotopic (exact) mass is 287 g/mol. The van der Waals surface area contributed by atoms with Crippen LogP contribution in [0.4, 0.5) is 0 Å². The van der Waals surface area contributed by atoms with Gasteiger partial charge in [0.25, 0.3) is 0 Å². The summed E-state index contributed by atoms with van der Waals surface area (Å²) in [5.74, 6) is 0.449. The zero-order valence-corrected chi connectivity index (χ0v) is 12.0. The second-order valence-electron chi connectivity index (χ2n) is 4.91. The van der Waals surface area contributed by atoms with E-state index < -0.39 is 9.84 Å². The largest absolute Gasteiger partial charge is 0.395 e. The molecule has 1 unspecified atom stereocenters. The number of aryl methyl sites for hydroxylation is 1. The molecule has 19 heavy (non-hydrogen) atoms. The molecule has 1 aromatic rings. The topological polar surface area (TPSA) is 75.4 Å². The molecule has 2 rings (SSSR count). The Labute approximate surface area is 113 Å². The van der Waals surface area contributed by atoms with Crippen molar-refractivity contribution in [3.63, 3.8) is 0 Å². The van der Waals surface area contributed by atoms with Gasteiger partial charge in [0.05, 0.1) is 23.8 Å². The Morgan fingerprint density at radius 1 is 1.58 bits per heavy atom. The fourth-order valence-corrected chi connectivity index (χ4v) is 4.22. The Kier molecular flexibility index (Phi) is 4.59. The lowest BCUT2D eigenvalue weighted by atomic mass is 10.2. The van der Waals surface area contributed by atoms with Crippen molar-refractivity contribution < 1.29 is 13.5 Å². The molecule has 1 aliphatic rings. The van der Waals surface area contributed by atoms with Gasteiger partial charge in [0, 0.05) is 31.9 Å². The lowest BCUT2D eigenvalue weighted by molar-refractivity contribution is 0.152. The molecular formula is C12H21N3O3S. The highest BCUT2D eigenvalue weighted by molar-refractivity contribution is 7.91. The molecule has 2 heterocycles. The molecule has 1 aliphatic heterocycles. The van der Waals surface area contributed by atoms with Gasteiger partial charge in [-0.15, -0.1) is 0 Å². The van der Waals surface area contributed by atoms with Crippen LogP contribution in [0.1, 0.15) is 19.0 Å². The zero-order chi connectivity index (χ0) is 13.9. The molecule has 0 amide bonds. The number of hydrogen-bond acceptors (Lipinski definition) is 5. The Balaban J connectivity index is 2.03. The maximum absolute atomic E-state index is 11.5. The van der Waals surface area contributed by atoms with Crippen molar-refractivity contribution in [3.8, 4) is 0 Å². The average molecular weight is 287 g/mol. The van der Waals surface area contributed by atoms with Crippen molar-refractivity contribution in [3.05, 3.63) is 18.0 Å². The van der Waals surface area contributed by atoms with Crippen LogP contribution in [0.2, 0.25) is 0 Å². The third kappa shape index (κ3) is 3.77. The average Bonchev–Trinajstić information content (AvgIpc) is 2.95. The van der Waals surface area contributed by atoms with E-state index in [9.17, 15) is 8.42 Å². The summed E-state index contributed by atoms with van der Waals surface area (Å²) in [7, 11) is -2.90. The first-order valence-corrected chi connectivity index (χ1v) is 8.44. The number of hydrogen-bond donors (Lipinski definition) is 1. The van der Waals surface area contributed by atoms with Crippen molar-refractivity contribution in [2.75, 3.05) is 24.7 Å². The van der Waals surface area contributed by atoms with Gasteiger partial charge in [0.1, 0.15) is 0 Å². The van der Waals surface area contributed by atoms with E-state index in [4.69, 9.17) is 5.11 Å². The Hall–Kier alpha value is -0.920. The Morgan fingerprint density at radius 2 is 2.37 bits per heavy atom. The number of aliphatic hydroxyl groups is 1. The second-order valence-corrected chi connectivity index (χ2v) is 7.14. The summed E-state index contributed by atoms with van der Waals surface area (Å²) in [5, 5.41) is 13.5. The summed E-state index contributed by atoms with van der Waals surface area (Å²) >= 11 is 0. The van der Waals surface area contributed by atoms with Crippen LogP contribution in [0, 0.1) is 0 Å². The van der Waals surface area contributed by atoms with E-state index >= 15 is 0 Å². The summed E-state index contributed by atoms with van der Waals surface area (Å²) < 4.78 is 24.9. The molecule has 0 aromatic carbocycles. The quantitative estimate of drug-likeness (QED) is 0.790. The third-order valence-corrected chi connectivity index (χ3v) is 5.25. The third-order valence-electron chi connectivity index (χ3n) is 3.50. The van der Waals surface area contributed by atoms with Crippen molar-refractivity contribution in [2.45, 2.75) is 32.5 Å². The zero-order valence-electron chi connectivity index (χ0n) is 11.2. The highest BCUT2D eigenvalue weighted by Gasteiger charge is 2.32. The van der Waals surface area contributed by atoms with Crippen LogP contribution >= 0.6 is 0 Å². The molecule has 1 saturated heterocycles. The van der Waals surface area contributed by atoms with Gasteiger partial charge in [-0.25, -0.2) is 8.42 Å². The Morgan fingerprint density at radius 3 is 2.89 bits per heavy atom. The van der Waals surface area contributed by atoms with Crippen LogP contribution in [0.15, 0.2) is 12.3 Å². The van der Waals surface area contributed by atoms with E-state index in [0.29, 0.717) is 19.5 Å². The first kappa shape index (κ1) is 14.5. The van der Waals surface area contributed by atoms with E-state index in [2.05, 4.69) is 5.10 Å². The van der Waals surface area contributed by atoms with Gasteiger partial charge in [-0.05, 0) is 19.4 Å². The van der Waals surface area contributed by atoms with Gasteiger partial charge in [-0.2, -0.15) is 5.10 Å². The standard InChI is InChI=1S/C12H21N3O3S/c1-2-15-5-3-11(13-15)9-14(6-7-16)12-4-8-19(17,18)10-12/h3,5,12,16H,2,4,6-10H2,1H3. The molecule has 1 N–H and O–H groups in total. The predicted octanol–water partition coefficient (Wildman–Crippen LogP) is -0.116. The summed E-state index contributed by atoms with van der Waals surface area (Å²) in [4.78, 5) is 2.02. The van der Waals surface area contributed by atoms with Crippen molar-refractivity contribution in [1.82, 2.24) is 14.7 Å².